The quantitative estimate of drug-likeness (QED) is 0.525. The van der Waals surface area contributed by atoms with Crippen LogP contribution in [0.15, 0.2) is 42.5 Å². The monoisotopic (exact) mass is 501 g/mol. The topological polar surface area (TPSA) is 98.7 Å². The van der Waals surface area contributed by atoms with Crippen molar-refractivity contribution in [1.82, 2.24) is 0 Å². The number of anilines is 3. The minimum Gasteiger partial charge on any atom is -0.383 e. The van der Waals surface area contributed by atoms with Gasteiger partial charge >= 0.3 is 6.18 Å². The van der Waals surface area contributed by atoms with Crippen LogP contribution in [0.2, 0.25) is 0 Å². The zero-order valence-electron chi connectivity index (χ0n) is 19.6. The van der Waals surface area contributed by atoms with Crippen molar-refractivity contribution in [3.8, 4) is 0 Å². The summed E-state index contributed by atoms with van der Waals surface area (Å²) in [5, 5.41) is 15.2. The van der Waals surface area contributed by atoms with Crippen LogP contribution in [0.3, 0.4) is 0 Å². The van der Waals surface area contributed by atoms with Crippen molar-refractivity contribution in [2.45, 2.75) is 51.3 Å². The molecular weight excluding hydrogens is 475 g/mol. The number of nitrogens with one attached hydrogen (secondary N) is 2. The fourth-order valence-electron chi connectivity index (χ4n) is 4.43. The number of halogens is 3. The molecule has 0 saturated heterocycles. The summed E-state index contributed by atoms with van der Waals surface area (Å²) in [5.74, 6) is -1.29. The second-order valence-corrected chi connectivity index (χ2v) is 8.83. The summed E-state index contributed by atoms with van der Waals surface area (Å²) < 4.78 is 40.2. The van der Waals surface area contributed by atoms with Gasteiger partial charge in [0.2, 0.25) is 11.8 Å². The Hall–Kier alpha value is -3.66. The Kier molecular flexibility index (Phi) is 7.16. The maximum absolute atomic E-state index is 13.4. The molecule has 0 saturated carbocycles. The van der Waals surface area contributed by atoms with E-state index in [4.69, 9.17) is 0 Å². The van der Waals surface area contributed by atoms with Gasteiger partial charge in [-0.05, 0) is 42.7 Å². The van der Waals surface area contributed by atoms with Gasteiger partial charge in [-0.3, -0.25) is 14.4 Å². The first-order valence-electron chi connectivity index (χ1n) is 11.7. The van der Waals surface area contributed by atoms with Crippen molar-refractivity contribution in [2.24, 2.45) is 0 Å². The Morgan fingerprint density at radius 1 is 1.25 bits per heavy atom. The summed E-state index contributed by atoms with van der Waals surface area (Å²) >= 11 is 0. The highest BCUT2D eigenvalue weighted by Crippen LogP contribution is 2.40. The number of amides is 3. The van der Waals surface area contributed by atoms with E-state index < -0.39 is 29.7 Å². The number of hydrogen-bond acceptors (Lipinski definition) is 4. The number of fused-ring (bicyclic) bond motifs is 2. The van der Waals surface area contributed by atoms with Crippen molar-refractivity contribution < 1.29 is 32.7 Å². The van der Waals surface area contributed by atoms with Gasteiger partial charge in [-0.25, -0.2) is 0 Å². The number of carbonyl (C=O) groups excluding carboxylic acids is 3. The summed E-state index contributed by atoms with van der Waals surface area (Å²) in [6, 6.07) is 8.15. The molecule has 0 radical (unpaired) electrons. The predicted molar refractivity (Wildman–Crippen MR) is 129 cm³/mol. The van der Waals surface area contributed by atoms with E-state index in [0.717, 1.165) is 18.6 Å². The maximum atomic E-state index is 13.4. The second-order valence-electron chi connectivity index (χ2n) is 8.83. The highest BCUT2D eigenvalue weighted by molar-refractivity contribution is 6.08. The minimum absolute atomic E-state index is 0.0338. The molecule has 1 atom stereocenters. The zero-order chi connectivity index (χ0) is 26.0. The van der Waals surface area contributed by atoms with Gasteiger partial charge in [-0.15, -0.1) is 0 Å². The van der Waals surface area contributed by atoms with Crippen molar-refractivity contribution in [3.05, 3.63) is 59.2 Å². The SMILES string of the molecule is CCCCC(=O)N1CC/C(=C\C(=O)Nc2cccc3c2C[C@H](O)C(=O)N3)c2ccc(C(F)(F)F)cc21. The Morgan fingerprint density at radius 2 is 2.03 bits per heavy atom. The number of hydrogen-bond donors (Lipinski definition) is 3. The van der Waals surface area contributed by atoms with Gasteiger partial charge < -0.3 is 20.6 Å². The maximum Gasteiger partial charge on any atom is 0.416 e. The highest BCUT2D eigenvalue weighted by Gasteiger charge is 2.34. The summed E-state index contributed by atoms with van der Waals surface area (Å²) in [6.45, 7) is 2.09. The molecule has 0 aromatic heterocycles. The number of nitrogens with zero attached hydrogens (tertiary/aromatic N) is 1. The molecule has 4 rings (SSSR count). The number of carbonyl (C=O) groups is 3. The van der Waals surface area contributed by atoms with Crippen LogP contribution in [0, 0.1) is 0 Å². The number of aliphatic hydroxyl groups is 1. The molecule has 0 bridgehead atoms. The van der Waals surface area contributed by atoms with Gasteiger partial charge in [0.05, 0.1) is 11.3 Å². The Morgan fingerprint density at radius 3 is 2.75 bits per heavy atom. The first-order valence-corrected chi connectivity index (χ1v) is 11.7. The Balaban J connectivity index is 1.64. The fraction of sp³-hybridized carbons (Fsp3) is 0.346. The number of benzene rings is 2. The molecule has 0 fully saturated rings. The molecule has 3 amide bonds. The minimum atomic E-state index is -4.57. The molecule has 36 heavy (non-hydrogen) atoms. The van der Waals surface area contributed by atoms with Gasteiger partial charge in [-0.2, -0.15) is 13.2 Å². The molecule has 10 heteroatoms. The highest BCUT2D eigenvalue weighted by atomic mass is 19.4. The van der Waals surface area contributed by atoms with E-state index in [0.29, 0.717) is 40.9 Å². The third-order valence-corrected chi connectivity index (χ3v) is 6.31. The van der Waals surface area contributed by atoms with E-state index in [-0.39, 0.29) is 31.0 Å². The number of rotatable bonds is 5. The van der Waals surface area contributed by atoms with Gasteiger partial charge in [0.1, 0.15) is 6.10 Å². The zero-order valence-corrected chi connectivity index (χ0v) is 19.6. The lowest BCUT2D eigenvalue weighted by molar-refractivity contribution is -0.137. The number of alkyl halides is 3. The molecule has 2 aliphatic rings. The van der Waals surface area contributed by atoms with Gasteiger partial charge in [-0.1, -0.05) is 25.5 Å². The largest absolute Gasteiger partial charge is 0.416 e. The van der Waals surface area contributed by atoms with Crippen LogP contribution in [0.4, 0.5) is 30.2 Å². The molecule has 190 valence electrons. The van der Waals surface area contributed by atoms with Crippen LogP contribution in [0.5, 0.6) is 0 Å². The average Bonchev–Trinajstić information content (AvgIpc) is 2.83. The van der Waals surface area contributed by atoms with E-state index in [9.17, 15) is 32.7 Å². The molecule has 2 aliphatic heterocycles. The first kappa shape index (κ1) is 25.4. The summed E-state index contributed by atoms with van der Waals surface area (Å²) in [5.41, 5.74) is 1.65. The standard InChI is InChI=1S/C26H26F3N3O4/c1-2-3-7-24(35)32-11-10-15(17-9-8-16(13-21(17)32)26(27,28)29)12-23(34)30-19-5-4-6-20-18(19)14-22(33)25(36)31-20/h4-6,8-9,12-13,22,33H,2-3,7,10-11,14H2,1H3,(H,30,34)(H,31,36)/b15-12+/t22-/m0/s1. The van der Waals surface area contributed by atoms with Gasteiger partial charge in [0.25, 0.3) is 5.91 Å². The summed E-state index contributed by atoms with van der Waals surface area (Å²) in [7, 11) is 0. The van der Waals surface area contributed by atoms with Gasteiger partial charge in [0, 0.05) is 48.0 Å². The third-order valence-electron chi connectivity index (χ3n) is 6.31. The summed E-state index contributed by atoms with van der Waals surface area (Å²) in [6.07, 6.45) is -2.52. The lowest BCUT2D eigenvalue weighted by Gasteiger charge is -2.32. The number of unbranched alkanes of at least 4 members (excludes halogenated alkanes) is 1. The van der Waals surface area contributed by atoms with E-state index >= 15 is 0 Å². The van der Waals surface area contributed by atoms with E-state index in [1.165, 1.54) is 17.0 Å². The average molecular weight is 502 g/mol. The molecule has 3 N–H and O–H groups in total. The van der Waals surface area contributed by atoms with Crippen molar-refractivity contribution in [2.75, 3.05) is 22.1 Å². The third kappa shape index (κ3) is 5.28. The van der Waals surface area contributed by atoms with Crippen LogP contribution in [0.25, 0.3) is 5.57 Å². The molecule has 2 aromatic carbocycles. The molecular formula is C26H26F3N3O4. The van der Waals surface area contributed by atoms with E-state index in [1.54, 1.807) is 18.2 Å². The van der Waals surface area contributed by atoms with Crippen molar-refractivity contribution in [1.29, 1.82) is 0 Å². The molecule has 0 unspecified atom stereocenters. The van der Waals surface area contributed by atoms with E-state index in [1.807, 2.05) is 6.92 Å². The molecule has 2 aromatic rings. The van der Waals surface area contributed by atoms with Crippen LogP contribution in [0.1, 0.15) is 49.3 Å². The normalized spacial score (nSPS) is 18.4. The first-order chi connectivity index (χ1) is 17.1. The van der Waals surface area contributed by atoms with Crippen LogP contribution in [-0.4, -0.2) is 35.5 Å². The molecule has 0 spiro atoms. The Bertz CT molecular complexity index is 1240. The predicted octanol–water partition coefficient (Wildman–Crippen LogP) is 4.51. The van der Waals surface area contributed by atoms with Crippen molar-refractivity contribution in [3.63, 3.8) is 0 Å². The molecule has 0 aliphatic carbocycles. The van der Waals surface area contributed by atoms with Crippen LogP contribution in [-0.2, 0) is 27.0 Å². The number of aliphatic hydroxyl groups excluding tert-OH is 1. The molecule has 2 heterocycles. The van der Waals surface area contributed by atoms with Crippen LogP contribution < -0.4 is 15.5 Å². The van der Waals surface area contributed by atoms with Gasteiger partial charge in [0.15, 0.2) is 0 Å². The van der Waals surface area contributed by atoms with E-state index in [2.05, 4.69) is 10.6 Å². The lowest BCUT2D eigenvalue weighted by atomic mass is 9.93. The summed E-state index contributed by atoms with van der Waals surface area (Å²) in [4.78, 5) is 38.7. The Labute approximate surface area is 206 Å². The van der Waals surface area contributed by atoms with Crippen molar-refractivity contribution >= 4 is 40.4 Å². The fourth-order valence-corrected chi connectivity index (χ4v) is 4.43. The smallest absolute Gasteiger partial charge is 0.383 e. The lowest BCUT2D eigenvalue weighted by Crippen LogP contribution is -2.35. The second kappa shape index (κ2) is 10.1. The molecule has 7 nitrogen and oxygen atoms in total. The van der Waals surface area contributed by atoms with Crippen LogP contribution >= 0.6 is 0 Å².